The van der Waals surface area contributed by atoms with Gasteiger partial charge >= 0.3 is 0 Å². The van der Waals surface area contributed by atoms with Crippen molar-refractivity contribution in [3.05, 3.63) is 34.9 Å². The van der Waals surface area contributed by atoms with E-state index in [2.05, 4.69) is 31.3 Å². The molecule has 0 heterocycles. The summed E-state index contributed by atoms with van der Waals surface area (Å²) in [5, 5.41) is 4.55. The number of halogens is 1. The number of hydrogen-bond acceptors (Lipinski definition) is 1. The van der Waals surface area contributed by atoms with Crippen LogP contribution in [0.4, 0.5) is 0 Å². The van der Waals surface area contributed by atoms with Crippen LogP contribution in [0.1, 0.15) is 38.7 Å². The second kappa shape index (κ2) is 5.88. The maximum Gasteiger partial charge on any atom is 0.0450 e. The normalized spacial score (nSPS) is 29.2. The van der Waals surface area contributed by atoms with Crippen LogP contribution in [0, 0.1) is 11.8 Å². The maximum atomic E-state index is 6.17. The molecular weight excluding hydrogens is 230 g/mol. The van der Waals surface area contributed by atoms with Crippen molar-refractivity contribution in [3.8, 4) is 0 Å². The Bertz CT molecular complexity index is 364. The molecule has 1 aromatic carbocycles. The van der Waals surface area contributed by atoms with Crippen molar-refractivity contribution in [3.63, 3.8) is 0 Å². The Morgan fingerprint density at radius 2 is 2.00 bits per heavy atom. The van der Waals surface area contributed by atoms with Crippen LogP contribution in [0.5, 0.6) is 0 Å². The monoisotopic (exact) mass is 251 g/mol. The predicted molar refractivity (Wildman–Crippen MR) is 74.3 cm³/mol. The minimum Gasteiger partial charge on any atom is -0.310 e. The predicted octanol–water partition coefficient (Wildman–Crippen LogP) is 4.25. The third-order valence-electron chi connectivity index (χ3n) is 4.22. The molecule has 94 valence electrons. The summed E-state index contributed by atoms with van der Waals surface area (Å²) in [5.74, 6) is 1.61. The lowest BCUT2D eigenvalue weighted by Crippen LogP contribution is -2.40. The van der Waals surface area contributed by atoms with Crippen molar-refractivity contribution >= 4 is 11.6 Å². The second-order valence-corrected chi connectivity index (χ2v) is 5.75. The van der Waals surface area contributed by atoms with Gasteiger partial charge in [0.1, 0.15) is 0 Å². The third kappa shape index (κ3) is 3.23. The molecule has 1 nitrogen and oxygen atoms in total. The van der Waals surface area contributed by atoms with E-state index in [4.69, 9.17) is 11.6 Å². The summed E-state index contributed by atoms with van der Waals surface area (Å²) in [5.41, 5.74) is 1.21. The van der Waals surface area contributed by atoms with Gasteiger partial charge in [-0.3, -0.25) is 0 Å². The number of nitrogens with one attached hydrogen (secondary N) is 1. The number of hydrogen-bond donors (Lipinski definition) is 1. The molecule has 3 atom stereocenters. The summed E-state index contributed by atoms with van der Waals surface area (Å²) < 4.78 is 0. The van der Waals surface area contributed by atoms with E-state index >= 15 is 0 Å². The average Bonchev–Trinajstić information content (AvgIpc) is 2.33. The van der Waals surface area contributed by atoms with Gasteiger partial charge in [0, 0.05) is 17.6 Å². The lowest BCUT2D eigenvalue weighted by atomic mass is 9.78. The van der Waals surface area contributed by atoms with E-state index in [0.717, 1.165) is 23.4 Å². The molecule has 3 unspecified atom stereocenters. The zero-order valence-electron chi connectivity index (χ0n) is 10.7. The van der Waals surface area contributed by atoms with Crippen LogP contribution in [-0.2, 0) is 6.54 Å². The first-order chi connectivity index (χ1) is 8.18. The molecule has 1 fully saturated rings. The highest BCUT2D eigenvalue weighted by Gasteiger charge is 2.26. The van der Waals surface area contributed by atoms with Crippen LogP contribution >= 0.6 is 11.6 Å². The molecule has 1 aromatic rings. The summed E-state index contributed by atoms with van der Waals surface area (Å²) in [4.78, 5) is 0. The molecule has 0 aromatic heterocycles. The molecule has 2 rings (SSSR count). The summed E-state index contributed by atoms with van der Waals surface area (Å²) in [7, 11) is 0. The fourth-order valence-corrected chi connectivity index (χ4v) is 2.96. The van der Waals surface area contributed by atoms with Gasteiger partial charge in [-0.05, 0) is 29.9 Å². The zero-order chi connectivity index (χ0) is 12.3. The molecule has 0 bridgehead atoms. The van der Waals surface area contributed by atoms with Gasteiger partial charge in [0.05, 0.1) is 0 Å². The minimum absolute atomic E-state index is 0.648. The molecule has 17 heavy (non-hydrogen) atoms. The Morgan fingerprint density at radius 1 is 1.24 bits per heavy atom. The third-order valence-corrected chi connectivity index (χ3v) is 4.59. The van der Waals surface area contributed by atoms with Crippen molar-refractivity contribution in [1.82, 2.24) is 5.32 Å². The van der Waals surface area contributed by atoms with E-state index in [0.29, 0.717) is 6.04 Å². The standard InChI is InChI=1S/C15H22ClN/c1-11-6-5-9-15(12(11)2)17-10-13-7-3-4-8-14(13)16/h3-4,7-8,11-12,15,17H,5-6,9-10H2,1-2H3. The molecule has 1 aliphatic rings. The average molecular weight is 252 g/mol. The topological polar surface area (TPSA) is 12.0 Å². The Hall–Kier alpha value is -0.530. The highest BCUT2D eigenvalue weighted by molar-refractivity contribution is 6.31. The number of benzene rings is 1. The Balaban J connectivity index is 1.92. The van der Waals surface area contributed by atoms with Gasteiger partial charge < -0.3 is 5.32 Å². The maximum absolute atomic E-state index is 6.17. The van der Waals surface area contributed by atoms with E-state index in [9.17, 15) is 0 Å². The summed E-state index contributed by atoms with van der Waals surface area (Å²) in [6.45, 7) is 5.63. The van der Waals surface area contributed by atoms with Gasteiger partial charge in [-0.15, -0.1) is 0 Å². The van der Waals surface area contributed by atoms with Gasteiger partial charge in [0.15, 0.2) is 0 Å². The van der Waals surface area contributed by atoms with Crippen LogP contribution < -0.4 is 5.32 Å². The molecule has 0 saturated heterocycles. The molecule has 0 radical (unpaired) electrons. The Kier molecular flexibility index (Phi) is 4.47. The van der Waals surface area contributed by atoms with Crippen LogP contribution in [-0.4, -0.2) is 6.04 Å². The van der Waals surface area contributed by atoms with E-state index in [1.54, 1.807) is 0 Å². The summed E-state index contributed by atoms with van der Waals surface area (Å²) >= 11 is 6.17. The van der Waals surface area contributed by atoms with Crippen LogP contribution in [0.25, 0.3) is 0 Å². The first-order valence-electron chi connectivity index (χ1n) is 6.65. The SMILES string of the molecule is CC1CCCC(NCc2ccccc2Cl)C1C. The lowest BCUT2D eigenvalue weighted by molar-refractivity contribution is 0.206. The molecule has 1 saturated carbocycles. The first kappa shape index (κ1) is 12.9. The van der Waals surface area contributed by atoms with Crippen molar-refractivity contribution in [2.24, 2.45) is 11.8 Å². The lowest BCUT2D eigenvalue weighted by Gasteiger charge is -2.34. The fourth-order valence-electron chi connectivity index (χ4n) is 2.75. The summed E-state index contributed by atoms with van der Waals surface area (Å²) in [6.07, 6.45) is 4.03. The highest BCUT2D eigenvalue weighted by Crippen LogP contribution is 2.29. The van der Waals surface area contributed by atoms with Crippen LogP contribution in [0.15, 0.2) is 24.3 Å². The van der Waals surface area contributed by atoms with Gasteiger partial charge in [-0.2, -0.15) is 0 Å². The smallest absolute Gasteiger partial charge is 0.0450 e. The molecule has 2 heteroatoms. The molecule has 1 N–H and O–H groups in total. The van der Waals surface area contributed by atoms with E-state index in [1.165, 1.54) is 24.8 Å². The Morgan fingerprint density at radius 3 is 2.76 bits per heavy atom. The van der Waals surface area contributed by atoms with Gasteiger partial charge in [0.25, 0.3) is 0 Å². The van der Waals surface area contributed by atoms with Crippen LogP contribution in [0.2, 0.25) is 5.02 Å². The van der Waals surface area contributed by atoms with Gasteiger partial charge in [-0.1, -0.05) is 56.5 Å². The van der Waals surface area contributed by atoms with Crippen molar-refractivity contribution in [2.45, 2.75) is 45.7 Å². The fraction of sp³-hybridized carbons (Fsp3) is 0.600. The molecule has 1 aliphatic carbocycles. The van der Waals surface area contributed by atoms with Crippen molar-refractivity contribution < 1.29 is 0 Å². The minimum atomic E-state index is 0.648. The first-order valence-corrected chi connectivity index (χ1v) is 7.03. The Labute approximate surface area is 110 Å². The van der Waals surface area contributed by atoms with Crippen LogP contribution in [0.3, 0.4) is 0 Å². The second-order valence-electron chi connectivity index (χ2n) is 5.35. The number of rotatable bonds is 3. The highest BCUT2D eigenvalue weighted by atomic mass is 35.5. The van der Waals surface area contributed by atoms with Gasteiger partial charge in [0.2, 0.25) is 0 Å². The summed E-state index contributed by atoms with van der Waals surface area (Å²) in [6, 6.07) is 8.75. The van der Waals surface area contributed by atoms with Crippen molar-refractivity contribution in [2.75, 3.05) is 0 Å². The molecule has 0 aliphatic heterocycles. The van der Waals surface area contributed by atoms with Crippen molar-refractivity contribution in [1.29, 1.82) is 0 Å². The van der Waals surface area contributed by atoms with E-state index < -0.39 is 0 Å². The molecule has 0 amide bonds. The van der Waals surface area contributed by atoms with E-state index in [1.807, 2.05) is 12.1 Å². The largest absolute Gasteiger partial charge is 0.310 e. The quantitative estimate of drug-likeness (QED) is 0.847. The zero-order valence-corrected chi connectivity index (χ0v) is 11.5. The van der Waals surface area contributed by atoms with E-state index in [-0.39, 0.29) is 0 Å². The molecular formula is C15H22ClN. The molecule has 0 spiro atoms. The van der Waals surface area contributed by atoms with Gasteiger partial charge in [-0.25, -0.2) is 0 Å².